The topological polar surface area (TPSA) is 52.6 Å². The molecule has 7 rings (SSSR count). The van der Waals surface area contributed by atoms with E-state index in [1.165, 1.54) is 14.2 Å². The van der Waals surface area contributed by atoms with Crippen LogP contribution in [-0.2, 0) is 19.1 Å². The minimum atomic E-state index is -0.705. The molecule has 6 bridgehead atoms. The lowest BCUT2D eigenvalue weighted by Gasteiger charge is -2.61. The number of carbonyl (C=O) groups is 2. The Morgan fingerprint density at radius 1 is 0.625 bits per heavy atom. The summed E-state index contributed by atoms with van der Waals surface area (Å²) in [4.78, 5) is 27.7. The molecule has 164 valence electrons. The summed E-state index contributed by atoms with van der Waals surface area (Å²) in [6, 6.07) is 20.4. The summed E-state index contributed by atoms with van der Waals surface area (Å²) in [5.41, 5.74) is 2.62. The first-order chi connectivity index (χ1) is 15.6. The highest BCUT2D eigenvalue weighted by Gasteiger charge is 2.81. The molecule has 0 aliphatic heterocycles. The Kier molecular flexibility index (Phi) is 4.21. The fraction of sp³-hybridized carbons (Fsp3) is 0.429. The lowest BCUT2D eigenvalue weighted by Crippen LogP contribution is -2.63. The van der Waals surface area contributed by atoms with Crippen LogP contribution in [0, 0.1) is 34.5 Å². The number of methoxy groups -OCH3 is 2. The molecule has 3 fully saturated rings. The molecule has 4 nitrogen and oxygen atoms in total. The molecule has 5 aliphatic rings. The Balaban J connectivity index is 1.81. The number of hydrogen-bond acceptors (Lipinski definition) is 4. The van der Waals surface area contributed by atoms with E-state index in [1.807, 2.05) is 36.4 Å². The maximum Gasteiger partial charge on any atom is 0.316 e. The predicted molar refractivity (Wildman–Crippen MR) is 121 cm³/mol. The molecule has 0 radical (unpaired) electrons. The molecule has 0 N–H and O–H groups in total. The normalized spacial score (nSPS) is 36.3. The zero-order valence-corrected chi connectivity index (χ0v) is 18.5. The molecule has 0 spiro atoms. The van der Waals surface area contributed by atoms with E-state index >= 15 is 0 Å². The molecule has 0 saturated heterocycles. The summed E-state index contributed by atoms with van der Waals surface area (Å²) in [6.45, 7) is 0. The van der Waals surface area contributed by atoms with Gasteiger partial charge in [0.25, 0.3) is 0 Å². The van der Waals surface area contributed by atoms with Crippen LogP contribution in [0.3, 0.4) is 0 Å². The van der Waals surface area contributed by atoms with Gasteiger partial charge in [-0.15, -0.1) is 0 Å². The zero-order valence-electron chi connectivity index (χ0n) is 18.5. The summed E-state index contributed by atoms with van der Waals surface area (Å²) in [6.07, 6.45) is 3.83. The highest BCUT2D eigenvalue weighted by Crippen LogP contribution is 2.82. The van der Waals surface area contributed by atoms with Crippen molar-refractivity contribution in [3.63, 3.8) is 0 Å². The summed E-state index contributed by atoms with van der Waals surface area (Å²) < 4.78 is 11.2. The van der Waals surface area contributed by atoms with Crippen molar-refractivity contribution in [2.24, 2.45) is 34.5 Å². The van der Waals surface area contributed by atoms with Gasteiger partial charge >= 0.3 is 11.9 Å². The van der Waals surface area contributed by atoms with Gasteiger partial charge in [0.15, 0.2) is 0 Å². The molecule has 0 heterocycles. The molecule has 3 saturated carbocycles. The third-order valence-electron chi connectivity index (χ3n) is 9.14. The van der Waals surface area contributed by atoms with Crippen LogP contribution in [0.5, 0.6) is 0 Å². The predicted octanol–water partition coefficient (Wildman–Crippen LogP) is 5.00. The minimum absolute atomic E-state index is 0.0977. The van der Waals surface area contributed by atoms with Gasteiger partial charge in [-0.25, -0.2) is 0 Å². The van der Waals surface area contributed by atoms with Crippen LogP contribution < -0.4 is 0 Å². The second-order valence-electron chi connectivity index (χ2n) is 9.78. The standard InChI is InChI=1S/C28H28O4/c1-31-25(29)27-19-13-14-20(27)22-16-15-21(19)28(22,26(30)32-2)24(18-11-7-4-8-12-18)23(27)17-9-5-3-6-10-17/h3-12,19-22H,13-16H2,1-2H3. The molecule has 5 aliphatic carbocycles. The highest BCUT2D eigenvalue weighted by molar-refractivity contribution is 6.13. The molecule has 32 heavy (non-hydrogen) atoms. The van der Waals surface area contributed by atoms with E-state index in [1.54, 1.807) is 0 Å². The Bertz CT molecular complexity index is 1010. The van der Waals surface area contributed by atoms with Crippen molar-refractivity contribution < 1.29 is 19.1 Å². The van der Waals surface area contributed by atoms with Crippen molar-refractivity contribution >= 4 is 23.1 Å². The number of ether oxygens (including phenoxy) is 2. The number of rotatable bonds is 4. The maximum atomic E-state index is 13.9. The smallest absolute Gasteiger partial charge is 0.316 e. The van der Waals surface area contributed by atoms with E-state index in [0.29, 0.717) is 0 Å². The summed E-state index contributed by atoms with van der Waals surface area (Å²) in [5.74, 6) is 0.126. The van der Waals surface area contributed by atoms with E-state index in [9.17, 15) is 9.59 Å². The molecule has 2 aromatic rings. The van der Waals surface area contributed by atoms with Crippen LogP contribution in [0.15, 0.2) is 60.7 Å². The summed E-state index contributed by atoms with van der Waals surface area (Å²) in [7, 11) is 3.03. The van der Waals surface area contributed by atoms with Gasteiger partial charge in [-0.3, -0.25) is 9.59 Å². The zero-order chi connectivity index (χ0) is 22.1. The second kappa shape index (κ2) is 6.81. The molecular formula is C28H28O4. The van der Waals surface area contributed by atoms with Crippen LogP contribution in [0.2, 0.25) is 0 Å². The second-order valence-corrected chi connectivity index (χ2v) is 9.78. The number of hydrogen-bond donors (Lipinski definition) is 0. The Labute approximate surface area is 188 Å². The monoisotopic (exact) mass is 428 g/mol. The first-order valence-electron chi connectivity index (χ1n) is 11.7. The van der Waals surface area contributed by atoms with Gasteiger partial charge in [0.05, 0.1) is 25.0 Å². The van der Waals surface area contributed by atoms with Gasteiger partial charge in [0.1, 0.15) is 0 Å². The molecular weight excluding hydrogens is 400 g/mol. The molecule has 2 aromatic carbocycles. The molecule has 4 atom stereocenters. The van der Waals surface area contributed by atoms with Crippen LogP contribution >= 0.6 is 0 Å². The van der Waals surface area contributed by atoms with Gasteiger partial charge in [0.2, 0.25) is 0 Å². The fourth-order valence-corrected chi connectivity index (χ4v) is 8.53. The molecule has 4 heteroatoms. The van der Waals surface area contributed by atoms with Crippen molar-refractivity contribution in [1.29, 1.82) is 0 Å². The van der Waals surface area contributed by atoms with Gasteiger partial charge in [0, 0.05) is 0 Å². The third-order valence-corrected chi connectivity index (χ3v) is 9.14. The maximum absolute atomic E-state index is 13.9. The van der Waals surface area contributed by atoms with E-state index in [-0.39, 0.29) is 35.6 Å². The van der Waals surface area contributed by atoms with E-state index in [0.717, 1.165) is 48.0 Å². The van der Waals surface area contributed by atoms with Crippen molar-refractivity contribution in [1.82, 2.24) is 0 Å². The van der Waals surface area contributed by atoms with Crippen molar-refractivity contribution in [2.45, 2.75) is 25.7 Å². The largest absolute Gasteiger partial charge is 0.468 e. The van der Waals surface area contributed by atoms with Gasteiger partial charge in [-0.1, -0.05) is 60.7 Å². The lowest BCUT2D eigenvalue weighted by atomic mass is 9.40. The fourth-order valence-electron chi connectivity index (χ4n) is 8.53. The number of esters is 2. The third kappa shape index (κ3) is 2.04. The van der Waals surface area contributed by atoms with Crippen molar-refractivity contribution in [2.75, 3.05) is 14.2 Å². The van der Waals surface area contributed by atoms with Gasteiger partial charge in [-0.2, -0.15) is 0 Å². The van der Waals surface area contributed by atoms with E-state index in [2.05, 4.69) is 24.3 Å². The van der Waals surface area contributed by atoms with Crippen LogP contribution in [0.25, 0.3) is 11.1 Å². The van der Waals surface area contributed by atoms with Gasteiger partial charge < -0.3 is 9.47 Å². The van der Waals surface area contributed by atoms with Crippen LogP contribution in [0.4, 0.5) is 0 Å². The van der Waals surface area contributed by atoms with Crippen LogP contribution in [0.1, 0.15) is 36.8 Å². The lowest BCUT2D eigenvalue weighted by molar-refractivity contribution is -0.174. The van der Waals surface area contributed by atoms with Crippen LogP contribution in [-0.4, -0.2) is 26.2 Å². The quantitative estimate of drug-likeness (QED) is 0.644. The van der Waals surface area contributed by atoms with Gasteiger partial charge in [-0.05, 0) is 71.6 Å². The van der Waals surface area contributed by atoms with E-state index in [4.69, 9.17) is 9.47 Å². The average molecular weight is 429 g/mol. The molecule has 0 aromatic heterocycles. The number of carbonyl (C=O) groups excluding carboxylic acids is 2. The SMILES string of the molecule is COC(=O)C12C(c3ccccc3)=C(c3ccccc3)C3(C(=O)OC)C4CCC3C1CCC42. The molecule has 4 unspecified atom stereocenters. The average Bonchev–Trinajstić information content (AvgIpc) is 3.35. The minimum Gasteiger partial charge on any atom is -0.468 e. The van der Waals surface area contributed by atoms with Crippen molar-refractivity contribution in [3.8, 4) is 0 Å². The summed E-state index contributed by atoms with van der Waals surface area (Å²) in [5, 5.41) is 0. The first-order valence-corrected chi connectivity index (χ1v) is 11.7. The highest BCUT2D eigenvalue weighted by atomic mass is 16.5. The number of benzene rings is 2. The first kappa shape index (κ1) is 19.8. The Hall–Kier alpha value is -2.88. The Morgan fingerprint density at radius 2 is 0.938 bits per heavy atom. The van der Waals surface area contributed by atoms with E-state index < -0.39 is 10.8 Å². The Morgan fingerprint density at radius 3 is 1.22 bits per heavy atom. The molecule has 0 amide bonds. The summed E-state index contributed by atoms with van der Waals surface area (Å²) >= 11 is 0. The van der Waals surface area contributed by atoms with Crippen molar-refractivity contribution in [3.05, 3.63) is 71.8 Å².